The van der Waals surface area contributed by atoms with Crippen LogP contribution in [-0.2, 0) is 0 Å². The van der Waals surface area contributed by atoms with Crippen molar-refractivity contribution in [2.24, 2.45) is 0 Å². The average Bonchev–Trinajstić information content (AvgIpc) is 2.72. The molecule has 5 rings (SSSR count). The van der Waals surface area contributed by atoms with E-state index in [1.54, 1.807) is 0 Å². The summed E-state index contributed by atoms with van der Waals surface area (Å²) in [5.41, 5.74) is 3.91. The van der Waals surface area contributed by atoms with Gasteiger partial charge in [-0.25, -0.2) is 4.98 Å². The Morgan fingerprint density at radius 2 is 1.94 bits per heavy atom. The minimum atomic E-state index is -0.0150. The van der Waals surface area contributed by atoms with Crippen LogP contribution < -0.4 is 10.2 Å². The van der Waals surface area contributed by atoms with Gasteiger partial charge < -0.3 is 10.2 Å². The highest BCUT2D eigenvalue weighted by atomic mass is 15.4. The summed E-state index contributed by atoms with van der Waals surface area (Å²) < 4.78 is 0. The van der Waals surface area contributed by atoms with Gasteiger partial charge in [-0.15, -0.1) is 5.10 Å². The second kappa shape index (κ2) is 7.72. The third-order valence-electron chi connectivity index (χ3n) is 7.16. The molecule has 7 nitrogen and oxygen atoms in total. The van der Waals surface area contributed by atoms with Crippen LogP contribution in [-0.4, -0.2) is 51.8 Å². The van der Waals surface area contributed by atoms with Gasteiger partial charge in [0.2, 0.25) is 0 Å². The Morgan fingerprint density at radius 1 is 1.16 bits per heavy atom. The molecule has 2 saturated heterocycles. The van der Waals surface area contributed by atoms with E-state index in [1.807, 2.05) is 32.2 Å². The van der Waals surface area contributed by atoms with Gasteiger partial charge in [0.25, 0.3) is 0 Å². The summed E-state index contributed by atoms with van der Waals surface area (Å²) in [6.07, 6.45) is 3.23. The SMILES string of the molecule is Cc1c(C#N)cccc1[C@@H](C)Nc1nnc(C)c2cnc(N3CC(C)(N4CCC4)C3)cc12. The molecule has 2 aliphatic rings. The van der Waals surface area contributed by atoms with Crippen LogP contribution in [0.3, 0.4) is 0 Å². The maximum absolute atomic E-state index is 9.38. The molecule has 3 aromatic rings. The van der Waals surface area contributed by atoms with E-state index in [2.05, 4.69) is 57.4 Å². The lowest BCUT2D eigenvalue weighted by Crippen LogP contribution is -2.71. The van der Waals surface area contributed by atoms with Crippen LogP contribution in [0.5, 0.6) is 0 Å². The molecule has 1 N–H and O–H groups in total. The number of anilines is 2. The van der Waals surface area contributed by atoms with Crippen molar-refractivity contribution in [3.05, 3.63) is 52.8 Å². The molecule has 7 heteroatoms. The molecule has 2 aromatic heterocycles. The molecule has 4 heterocycles. The van der Waals surface area contributed by atoms with Crippen LogP contribution in [0.4, 0.5) is 11.6 Å². The molecule has 2 fully saturated rings. The highest BCUT2D eigenvalue weighted by Crippen LogP contribution is 2.36. The predicted octanol–water partition coefficient (Wildman–Crippen LogP) is 3.97. The summed E-state index contributed by atoms with van der Waals surface area (Å²) in [4.78, 5) is 9.67. The van der Waals surface area contributed by atoms with Gasteiger partial charge in [0.1, 0.15) is 5.82 Å². The van der Waals surface area contributed by atoms with E-state index in [0.29, 0.717) is 5.56 Å². The second-order valence-corrected chi connectivity index (χ2v) is 9.41. The number of rotatable bonds is 5. The van der Waals surface area contributed by atoms with E-state index in [1.165, 1.54) is 19.5 Å². The lowest BCUT2D eigenvalue weighted by atomic mass is 9.87. The van der Waals surface area contributed by atoms with Crippen molar-refractivity contribution in [1.29, 1.82) is 5.26 Å². The van der Waals surface area contributed by atoms with Crippen molar-refractivity contribution in [3.63, 3.8) is 0 Å². The third-order valence-corrected chi connectivity index (χ3v) is 7.16. The number of aryl methyl sites for hydroxylation is 1. The van der Waals surface area contributed by atoms with Crippen molar-refractivity contribution in [1.82, 2.24) is 20.1 Å². The fourth-order valence-electron chi connectivity index (χ4n) is 4.96. The van der Waals surface area contributed by atoms with Gasteiger partial charge in [0, 0.05) is 43.1 Å². The lowest BCUT2D eigenvalue weighted by Gasteiger charge is -2.57. The third kappa shape index (κ3) is 3.35. The van der Waals surface area contributed by atoms with E-state index in [4.69, 9.17) is 4.98 Å². The summed E-state index contributed by atoms with van der Waals surface area (Å²) in [7, 11) is 0. The van der Waals surface area contributed by atoms with Gasteiger partial charge >= 0.3 is 0 Å². The van der Waals surface area contributed by atoms with Crippen LogP contribution in [0.15, 0.2) is 30.5 Å². The second-order valence-electron chi connectivity index (χ2n) is 9.41. The number of hydrogen-bond acceptors (Lipinski definition) is 7. The number of fused-ring (bicyclic) bond motifs is 1. The van der Waals surface area contributed by atoms with Crippen molar-refractivity contribution in [3.8, 4) is 6.07 Å². The smallest absolute Gasteiger partial charge is 0.157 e. The molecule has 0 aliphatic carbocycles. The Hall–Kier alpha value is -3.24. The number of nitriles is 1. The van der Waals surface area contributed by atoms with Crippen LogP contribution in [0.25, 0.3) is 10.8 Å². The number of likely N-dealkylation sites (tertiary alicyclic amines) is 1. The molecule has 0 radical (unpaired) electrons. The Kier molecular flexibility index (Phi) is 4.98. The zero-order chi connectivity index (χ0) is 22.5. The van der Waals surface area contributed by atoms with E-state index in [9.17, 15) is 5.26 Å². The van der Waals surface area contributed by atoms with Crippen molar-refractivity contribution < 1.29 is 0 Å². The maximum atomic E-state index is 9.38. The van der Waals surface area contributed by atoms with Gasteiger partial charge in [-0.05, 0) is 57.4 Å². The summed E-state index contributed by atoms with van der Waals surface area (Å²) >= 11 is 0. The van der Waals surface area contributed by atoms with Gasteiger partial charge in [-0.3, -0.25) is 4.90 Å². The number of benzene rings is 1. The molecule has 32 heavy (non-hydrogen) atoms. The van der Waals surface area contributed by atoms with E-state index in [0.717, 1.165) is 52.3 Å². The van der Waals surface area contributed by atoms with Gasteiger partial charge in [-0.1, -0.05) is 12.1 Å². The van der Waals surface area contributed by atoms with Crippen molar-refractivity contribution in [2.45, 2.75) is 45.7 Å². The van der Waals surface area contributed by atoms with E-state index >= 15 is 0 Å². The van der Waals surface area contributed by atoms with Crippen LogP contribution >= 0.6 is 0 Å². The van der Waals surface area contributed by atoms with Crippen molar-refractivity contribution in [2.75, 3.05) is 36.4 Å². The summed E-state index contributed by atoms with van der Waals surface area (Å²) in [6.45, 7) is 12.8. The van der Waals surface area contributed by atoms with Crippen molar-refractivity contribution >= 4 is 22.4 Å². The number of hydrogen-bond donors (Lipinski definition) is 1. The molecular formula is C25H29N7. The molecule has 0 saturated carbocycles. The van der Waals surface area contributed by atoms with E-state index in [-0.39, 0.29) is 11.6 Å². The van der Waals surface area contributed by atoms with Gasteiger partial charge in [0.15, 0.2) is 5.82 Å². The summed E-state index contributed by atoms with van der Waals surface area (Å²) in [6, 6.07) is 10.2. The quantitative estimate of drug-likeness (QED) is 0.660. The summed E-state index contributed by atoms with van der Waals surface area (Å²) in [5, 5.41) is 23.8. The van der Waals surface area contributed by atoms with Crippen LogP contribution in [0.2, 0.25) is 0 Å². The predicted molar refractivity (Wildman–Crippen MR) is 127 cm³/mol. The van der Waals surface area contributed by atoms with E-state index < -0.39 is 0 Å². The van der Waals surface area contributed by atoms with Crippen LogP contribution in [0.1, 0.15) is 48.7 Å². The highest BCUT2D eigenvalue weighted by Gasteiger charge is 2.45. The minimum absolute atomic E-state index is 0.0150. The molecule has 1 aromatic carbocycles. The first-order valence-electron chi connectivity index (χ1n) is 11.3. The molecule has 1 atom stereocenters. The highest BCUT2D eigenvalue weighted by molar-refractivity contribution is 5.94. The Bertz CT molecular complexity index is 1220. The lowest BCUT2D eigenvalue weighted by molar-refractivity contribution is 0.0206. The monoisotopic (exact) mass is 427 g/mol. The standard InChI is InChI=1S/C25H29N7/c1-16-19(12-26)7-5-8-20(16)17(2)28-24-21-11-23(27-13-22(21)18(3)29-30-24)31-14-25(4,15-31)32-9-6-10-32/h5,7-8,11,13,17H,6,9-10,14-15H2,1-4H3,(H,28,30)/t17-/m1/s1. The Labute approximate surface area is 189 Å². The van der Waals surface area contributed by atoms with Crippen LogP contribution in [0, 0.1) is 25.2 Å². The summed E-state index contributed by atoms with van der Waals surface area (Å²) in [5.74, 6) is 1.73. The number of pyridine rings is 1. The fraction of sp³-hybridized carbons (Fsp3) is 0.440. The Balaban J connectivity index is 1.44. The van der Waals surface area contributed by atoms with Gasteiger partial charge in [-0.2, -0.15) is 10.4 Å². The zero-order valence-electron chi connectivity index (χ0n) is 19.2. The normalized spacial score (nSPS) is 18.5. The molecular weight excluding hydrogens is 398 g/mol. The zero-order valence-corrected chi connectivity index (χ0v) is 19.2. The molecule has 0 unspecified atom stereocenters. The number of aromatic nitrogens is 3. The maximum Gasteiger partial charge on any atom is 0.157 e. The van der Waals surface area contributed by atoms with Gasteiger partial charge in [0.05, 0.1) is 28.9 Å². The largest absolute Gasteiger partial charge is 0.362 e. The fourth-order valence-corrected chi connectivity index (χ4v) is 4.96. The first-order chi connectivity index (χ1) is 15.4. The average molecular weight is 428 g/mol. The first-order valence-corrected chi connectivity index (χ1v) is 11.3. The minimum Gasteiger partial charge on any atom is -0.362 e. The Morgan fingerprint density at radius 3 is 2.62 bits per heavy atom. The number of nitrogens with zero attached hydrogens (tertiary/aromatic N) is 6. The topological polar surface area (TPSA) is 81.0 Å². The molecule has 2 aliphatic heterocycles. The molecule has 0 spiro atoms. The molecule has 0 amide bonds. The molecule has 0 bridgehead atoms. The first kappa shape index (κ1) is 20.7. The number of nitrogens with one attached hydrogen (secondary N) is 1. The molecule has 164 valence electrons.